The van der Waals surface area contributed by atoms with Gasteiger partial charge in [-0.2, -0.15) is 0 Å². The first-order valence-electron chi connectivity index (χ1n) is 10.0. The van der Waals surface area contributed by atoms with Gasteiger partial charge in [0.15, 0.2) is 11.5 Å². The number of hydrogen-bond donors (Lipinski definition) is 0. The van der Waals surface area contributed by atoms with E-state index in [1.54, 1.807) is 24.4 Å². The highest BCUT2D eigenvalue weighted by Gasteiger charge is 2.53. The van der Waals surface area contributed by atoms with Crippen molar-refractivity contribution in [1.29, 1.82) is 0 Å². The predicted octanol–water partition coefficient (Wildman–Crippen LogP) is 3.98. The topological polar surface area (TPSA) is 59.5 Å². The molecule has 7 heteroatoms. The van der Waals surface area contributed by atoms with Crippen LogP contribution in [0.25, 0.3) is 0 Å². The van der Waals surface area contributed by atoms with E-state index in [9.17, 15) is 18.4 Å². The van der Waals surface area contributed by atoms with Gasteiger partial charge < -0.3 is 4.74 Å². The number of rotatable bonds is 2. The Labute approximate surface area is 172 Å². The van der Waals surface area contributed by atoms with Gasteiger partial charge in [0, 0.05) is 6.20 Å². The first-order valence-corrected chi connectivity index (χ1v) is 10.0. The lowest BCUT2D eigenvalue weighted by atomic mass is 9.77. The maximum atomic E-state index is 14.0. The molecule has 2 aromatic rings. The monoisotopic (exact) mass is 410 g/mol. The van der Waals surface area contributed by atoms with Crippen LogP contribution >= 0.6 is 0 Å². The number of ketones is 1. The van der Waals surface area contributed by atoms with Crippen molar-refractivity contribution in [3.8, 4) is 0 Å². The van der Waals surface area contributed by atoms with Gasteiger partial charge in [-0.25, -0.2) is 13.8 Å². The number of nitrogens with zero attached hydrogens (tertiary/aromatic N) is 2. The molecule has 2 aliphatic heterocycles. The fourth-order valence-electron chi connectivity index (χ4n) is 4.66. The summed E-state index contributed by atoms with van der Waals surface area (Å²) in [6, 6.07) is 8.43. The standard InChI is InChI=1S/C23H20F2N2O3/c1-12-8-9-26-18(10-12)27-20(13-2-4-14(24)5-3-13)19-21(28)16-11-15(25)6-7-17(16)30-22(19)23(27)29/h2-5,8-10,15-17,20H,6-7,11H2,1H3. The lowest BCUT2D eigenvalue weighted by Gasteiger charge is -2.36. The summed E-state index contributed by atoms with van der Waals surface area (Å²) in [5.74, 6) is -1.36. The lowest BCUT2D eigenvalue weighted by Crippen LogP contribution is -2.42. The maximum absolute atomic E-state index is 14.0. The van der Waals surface area contributed by atoms with E-state index in [2.05, 4.69) is 4.98 Å². The van der Waals surface area contributed by atoms with Crippen LogP contribution in [0.2, 0.25) is 0 Å². The number of aromatic nitrogens is 1. The van der Waals surface area contributed by atoms with Crippen LogP contribution < -0.4 is 4.90 Å². The molecular weight excluding hydrogens is 390 g/mol. The number of halogens is 2. The summed E-state index contributed by atoms with van der Waals surface area (Å²) in [5.41, 5.74) is 1.68. The lowest BCUT2D eigenvalue weighted by molar-refractivity contribution is -0.133. The molecule has 4 unspecified atom stereocenters. The van der Waals surface area contributed by atoms with Gasteiger partial charge in [-0.15, -0.1) is 0 Å². The van der Waals surface area contributed by atoms with Gasteiger partial charge in [0.25, 0.3) is 5.91 Å². The summed E-state index contributed by atoms with van der Waals surface area (Å²) in [7, 11) is 0. The molecule has 0 bridgehead atoms. The number of hydrogen-bond acceptors (Lipinski definition) is 4. The summed E-state index contributed by atoms with van der Waals surface area (Å²) in [6.07, 6.45) is 0.838. The van der Waals surface area contributed by atoms with E-state index >= 15 is 0 Å². The number of amides is 1. The molecule has 0 N–H and O–H groups in total. The largest absolute Gasteiger partial charge is 0.483 e. The number of aryl methyl sites for hydroxylation is 1. The van der Waals surface area contributed by atoms with Crippen molar-refractivity contribution in [1.82, 2.24) is 4.98 Å². The molecule has 5 rings (SSSR count). The minimum Gasteiger partial charge on any atom is -0.483 e. The molecule has 3 aliphatic rings. The number of alkyl halides is 1. The van der Waals surface area contributed by atoms with Crippen LogP contribution in [0.1, 0.15) is 36.4 Å². The molecule has 3 heterocycles. The average Bonchev–Trinajstić information content (AvgIpc) is 3.02. The fourth-order valence-corrected chi connectivity index (χ4v) is 4.66. The molecule has 1 fully saturated rings. The normalized spacial score (nSPS) is 28.3. The average molecular weight is 410 g/mol. The van der Waals surface area contributed by atoms with Crippen LogP contribution in [0.4, 0.5) is 14.6 Å². The third-order valence-electron chi connectivity index (χ3n) is 6.12. The first kappa shape index (κ1) is 18.9. The number of fused-ring (bicyclic) bond motifs is 1. The Morgan fingerprint density at radius 2 is 1.90 bits per heavy atom. The van der Waals surface area contributed by atoms with Crippen molar-refractivity contribution < 1.29 is 23.1 Å². The SMILES string of the molecule is Cc1ccnc(N2C(=O)C3=C(C(=O)C4CC(F)CCC4O3)C2c2ccc(F)cc2)c1. The Balaban J connectivity index is 1.65. The van der Waals surface area contributed by atoms with Crippen LogP contribution in [0.5, 0.6) is 0 Å². The van der Waals surface area contributed by atoms with Crippen molar-refractivity contribution in [3.05, 3.63) is 70.9 Å². The molecule has 0 radical (unpaired) electrons. The number of anilines is 1. The molecule has 30 heavy (non-hydrogen) atoms. The van der Waals surface area contributed by atoms with Gasteiger partial charge in [-0.1, -0.05) is 12.1 Å². The molecule has 1 aromatic heterocycles. The second-order valence-electron chi connectivity index (χ2n) is 8.10. The molecule has 0 saturated heterocycles. The summed E-state index contributed by atoms with van der Waals surface area (Å²) in [4.78, 5) is 32.6. The molecule has 0 spiro atoms. The summed E-state index contributed by atoms with van der Waals surface area (Å²) in [6.45, 7) is 1.88. The van der Waals surface area contributed by atoms with Gasteiger partial charge in [-0.05, 0) is 61.6 Å². The quantitative estimate of drug-likeness (QED) is 0.752. The summed E-state index contributed by atoms with van der Waals surface area (Å²) < 4.78 is 33.6. The van der Waals surface area contributed by atoms with E-state index in [0.29, 0.717) is 24.2 Å². The van der Waals surface area contributed by atoms with Crippen LogP contribution in [0.15, 0.2) is 53.9 Å². The molecular formula is C23H20F2N2O3. The van der Waals surface area contributed by atoms with Gasteiger partial charge in [-0.3, -0.25) is 14.5 Å². The molecule has 1 amide bonds. The number of carbonyl (C=O) groups is 2. The van der Waals surface area contributed by atoms with Crippen LogP contribution in [0, 0.1) is 18.7 Å². The van der Waals surface area contributed by atoms with E-state index in [1.807, 2.05) is 13.0 Å². The zero-order valence-electron chi connectivity index (χ0n) is 16.3. The molecule has 5 nitrogen and oxygen atoms in total. The molecule has 4 atom stereocenters. The Kier molecular flexibility index (Phi) is 4.41. The third-order valence-corrected chi connectivity index (χ3v) is 6.12. The number of ether oxygens (including phenoxy) is 1. The van der Waals surface area contributed by atoms with Crippen molar-refractivity contribution >= 4 is 17.5 Å². The first-order chi connectivity index (χ1) is 14.4. The highest BCUT2D eigenvalue weighted by molar-refractivity contribution is 6.17. The van der Waals surface area contributed by atoms with E-state index < -0.39 is 36.0 Å². The van der Waals surface area contributed by atoms with E-state index in [-0.39, 0.29) is 23.5 Å². The molecule has 1 saturated carbocycles. The summed E-state index contributed by atoms with van der Waals surface area (Å²) >= 11 is 0. The fraction of sp³-hybridized carbons (Fsp3) is 0.348. The second-order valence-corrected chi connectivity index (χ2v) is 8.10. The Morgan fingerprint density at radius 1 is 1.13 bits per heavy atom. The van der Waals surface area contributed by atoms with E-state index in [0.717, 1.165) is 5.56 Å². The number of Topliss-reactive ketones (excluding diaryl/α,β-unsaturated/α-hetero) is 1. The van der Waals surface area contributed by atoms with Crippen LogP contribution in [-0.2, 0) is 14.3 Å². The molecule has 1 aliphatic carbocycles. The van der Waals surface area contributed by atoms with Gasteiger partial charge in [0.05, 0.1) is 17.5 Å². The Bertz CT molecular complexity index is 1070. The van der Waals surface area contributed by atoms with Gasteiger partial charge >= 0.3 is 0 Å². The zero-order valence-corrected chi connectivity index (χ0v) is 16.3. The second kappa shape index (κ2) is 7.00. The van der Waals surface area contributed by atoms with Gasteiger partial charge in [0.1, 0.15) is 23.9 Å². The Hall–Kier alpha value is -3.09. The number of pyridine rings is 1. The smallest absolute Gasteiger partial charge is 0.295 e. The number of benzene rings is 1. The minimum absolute atomic E-state index is 0.0104. The van der Waals surface area contributed by atoms with E-state index in [4.69, 9.17) is 4.74 Å². The maximum Gasteiger partial charge on any atom is 0.295 e. The molecule has 1 aromatic carbocycles. The Morgan fingerprint density at radius 3 is 2.63 bits per heavy atom. The van der Waals surface area contributed by atoms with Crippen molar-refractivity contribution in [2.75, 3.05) is 4.90 Å². The third kappa shape index (κ3) is 2.91. The van der Waals surface area contributed by atoms with Crippen LogP contribution in [0.3, 0.4) is 0 Å². The predicted molar refractivity (Wildman–Crippen MR) is 105 cm³/mol. The summed E-state index contributed by atoms with van der Waals surface area (Å²) in [5, 5.41) is 0. The number of carbonyl (C=O) groups excluding carboxylic acids is 2. The van der Waals surface area contributed by atoms with E-state index in [1.165, 1.54) is 17.0 Å². The van der Waals surface area contributed by atoms with Crippen molar-refractivity contribution in [3.63, 3.8) is 0 Å². The minimum atomic E-state index is -1.06. The van der Waals surface area contributed by atoms with Crippen LogP contribution in [-0.4, -0.2) is 29.0 Å². The van der Waals surface area contributed by atoms with Crippen molar-refractivity contribution in [2.24, 2.45) is 5.92 Å². The zero-order chi connectivity index (χ0) is 21.0. The van der Waals surface area contributed by atoms with Gasteiger partial charge in [0.2, 0.25) is 0 Å². The van der Waals surface area contributed by atoms with Crippen molar-refractivity contribution in [2.45, 2.75) is 44.5 Å². The highest BCUT2D eigenvalue weighted by atomic mass is 19.1. The molecule has 154 valence electrons. The highest BCUT2D eigenvalue weighted by Crippen LogP contribution is 2.48.